The summed E-state index contributed by atoms with van der Waals surface area (Å²) in [5.74, 6) is -1.27. The molecule has 0 aliphatic heterocycles. The predicted molar refractivity (Wildman–Crippen MR) is 77.1 cm³/mol. The fourth-order valence-corrected chi connectivity index (χ4v) is 2.45. The molecule has 0 N–H and O–H groups in total. The lowest BCUT2D eigenvalue weighted by Gasteiger charge is -2.32. The minimum atomic E-state index is -0.521. The molecule has 1 aliphatic carbocycles. The fourth-order valence-electron chi connectivity index (χ4n) is 2.45. The lowest BCUT2D eigenvalue weighted by atomic mass is 9.79. The monoisotopic (exact) mass is 284 g/mol. The van der Waals surface area contributed by atoms with E-state index in [1.165, 1.54) is 0 Å². The molecule has 1 fully saturated rings. The summed E-state index contributed by atoms with van der Waals surface area (Å²) in [5.41, 5.74) is -1.04. The van der Waals surface area contributed by atoms with Crippen molar-refractivity contribution in [2.45, 2.75) is 78.4 Å². The number of esters is 2. The Morgan fingerprint density at radius 3 is 1.30 bits per heavy atom. The highest BCUT2D eigenvalue weighted by Crippen LogP contribution is 2.33. The number of ether oxygens (including phenoxy) is 2. The summed E-state index contributed by atoms with van der Waals surface area (Å²) >= 11 is 0. The molecule has 4 nitrogen and oxygen atoms in total. The van der Waals surface area contributed by atoms with Crippen LogP contribution in [0.3, 0.4) is 0 Å². The van der Waals surface area contributed by atoms with Gasteiger partial charge in [-0.1, -0.05) is 12.8 Å². The van der Waals surface area contributed by atoms with E-state index < -0.39 is 11.2 Å². The average molecular weight is 284 g/mol. The topological polar surface area (TPSA) is 52.6 Å². The Bertz CT molecular complexity index is 324. The van der Waals surface area contributed by atoms with E-state index in [0.717, 1.165) is 12.8 Å². The zero-order valence-corrected chi connectivity index (χ0v) is 13.6. The second-order valence-corrected chi connectivity index (χ2v) is 7.56. The van der Waals surface area contributed by atoms with Gasteiger partial charge in [-0.3, -0.25) is 9.59 Å². The number of carbonyl (C=O) groups is 2. The van der Waals surface area contributed by atoms with Crippen LogP contribution in [0.2, 0.25) is 0 Å². The van der Waals surface area contributed by atoms with E-state index in [4.69, 9.17) is 9.47 Å². The van der Waals surface area contributed by atoms with E-state index in [2.05, 4.69) is 0 Å². The second-order valence-electron chi connectivity index (χ2n) is 7.56. The van der Waals surface area contributed by atoms with Crippen molar-refractivity contribution in [3.63, 3.8) is 0 Å². The molecule has 0 aromatic carbocycles. The summed E-state index contributed by atoms with van der Waals surface area (Å²) in [7, 11) is 0. The van der Waals surface area contributed by atoms with Crippen molar-refractivity contribution in [2.24, 2.45) is 11.8 Å². The first-order valence-electron chi connectivity index (χ1n) is 7.45. The van der Waals surface area contributed by atoms with Gasteiger partial charge in [0, 0.05) is 0 Å². The van der Waals surface area contributed by atoms with Crippen LogP contribution in [0.4, 0.5) is 0 Å². The van der Waals surface area contributed by atoms with Gasteiger partial charge in [0.05, 0.1) is 11.8 Å². The van der Waals surface area contributed by atoms with Crippen molar-refractivity contribution < 1.29 is 19.1 Å². The number of carbonyl (C=O) groups excluding carboxylic acids is 2. The van der Waals surface area contributed by atoms with Crippen molar-refractivity contribution in [3.05, 3.63) is 0 Å². The van der Waals surface area contributed by atoms with Crippen LogP contribution in [-0.2, 0) is 19.1 Å². The summed E-state index contributed by atoms with van der Waals surface area (Å²) < 4.78 is 10.9. The normalized spacial score (nSPS) is 24.1. The molecule has 1 aliphatic rings. The van der Waals surface area contributed by atoms with Gasteiger partial charge in [0.1, 0.15) is 11.2 Å². The van der Waals surface area contributed by atoms with E-state index in [1.807, 2.05) is 41.5 Å². The van der Waals surface area contributed by atoms with Gasteiger partial charge in [-0.2, -0.15) is 0 Å². The third-order valence-corrected chi connectivity index (χ3v) is 3.19. The Kier molecular flexibility index (Phi) is 5.22. The highest BCUT2D eigenvalue weighted by Gasteiger charge is 2.40. The molecule has 20 heavy (non-hydrogen) atoms. The molecule has 0 aromatic heterocycles. The molecule has 1 saturated carbocycles. The molecule has 4 heteroatoms. The molecule has 0 amide bonds. The highest BCUT2D eigenvalue weighted by molar-refractivity contribution is 5.82. The smallest absolute Gasteiger partial charge is 0.310 e. The van der Waals surface area contributed by atoms with Gasteiger partial charge in [0.25, 0.3) is 0 Å². The highest BCUT2D eigenvalue weighted by atomic mass is 16.6. The summed E-state index contributed by atoms with van der Waals surface area (Å²) in [6, 6.07) is 0. The molecule has 2 atom stereocenters. The SMILES string of the molecule is CC(C)(C)OC(=O)C1CCCCC1C(=O)OC(C)(C)C. The molecule has 0 aromatic rings. The Morgan fingerprint density at radius 2 is 1.05 bits per heavy atom. The molecular weight excluding hydrogens is 256 g/mol. The van der Waals surface area contributed by atoms with Crippen molar-refractivity contribution >= 4 is 11.9 Å². The molecule has 0 saturated heterocycles. The summed E-state index contributed by atoms with van der Waals surface area (Å²) in [4.78, 5) is 24.5. The van der Waals surface area contributed by atoms with Crippen LogP contribution in [0.5, 0.6) is 0 Å². The van der Waals surface area contributed by atoms with Gasteiger partial charge in [-0.05, 0) is 54.4 Å². The molecule has 0 bridgehead atoms. The predicted octanol–water partition coefficient (Wildman–Crippen LogP) is 3.48. The van der Waals surface area contributed by atoms with E-state index in [9.17, 15) is 9.59 Å². The Morgan fingerprint density at radius 1 is 0.750 bits per heavy atom. The number of rotatable bonds is 2. The first kappa shape index (κ1) is 17.0. The quantitative estimate of drug-likeness (QED) is 0.728. The standard InChI is InChI=1S/C16H28O4/c1-15(2,3)19-13(17)11-9-7-8-10-12(11)14(18)20-16(4,5)6/h11-12H,7-10H2,1-6H3. The second kappa shape index (κ2) is 6.15. The fraction of sp³-hybridized carbons (Fsp3) is 0.875. The van der Waals surface area contributed by atoms with E-state index in [-0.39, 0.29) is 23.8 Å². The molecule has 116 valence electrons. The minimum absolute atomic E-state index is 0.270. The van der Waals surface area contributed by atoms with Gasteiger partial charge in [0.2, 0.25) is 0 Å². The molecule has 0 spiro atoms. The average Bonchev–Trinajstić information content (AvgIpc) is 2.24. The first-order chi connectivity index (χ1) is 8.99. The Labute approximate surface area is 122 Å². The van der Waals surface area contributed by atoms with Crippen LogP contribution < -0.4 is 0 Å². The number of hydrogen-bond donors (Lipinski definition) is 0. The maximum absolute atomic E-state index is 12.3. The molecule has 0 radical (unpaired) electrons. The third-order valence-electron chi connectivity index (χ3n) is 3.19. The molecule has 0 heterocycles. The maximum atomic E-state index is 12.3. The minimum Gasteiger partial charge on any atom is -0.460 e. The summed E-state index contributed by atoms with van der Waals surface area (Å²) in [6.45, 7) is 11.1. The number of hydrogen-bond acceptors (Lipinski definition) is 4. The van der Waals surface area contributed by atoms with Crippen molar-refractivity contribution in [1.29, 1.82) is 0 Å². The van der Waals surface area contributed by atoms with Gasteiger partial charge < -0.3 is 9.47 Å². The maximum Gasteiger partial charge on any atom is 0.310 e. The lowest BCUT2D eigenvalue weighted by Crippen LogP contribution is -2.40. The molecule has 1 rings (SSSR count). The summed E-state index contributed by atoms with van der Waals surface area (Å²) in [5, 5.41) is 0. The van der Waals surface area contributed by atoms with Gasteiger partial charge in [0.15, 0.2) is 0 Å². The van der Waals surface area contributed by atoms with Crippen LogP contribution in [0.15, 0.2) is 0 Å². The van der Waals surface area contributed by atoms with Crippen LogP contribution >= 0.6 is 0 Å². The zero-order chi connectivity index (χ0) is 15.6. The Hall–Kier alpha value is -1.06. The van der Waals surface area contributed by atoms with Crippen molar-refractivity contribution in [3.8, 4) is 0 Å². The first-order valence-corrected chi connectivity index (χ1v) is 7.45. The largest absolute Gasteiger partial charge is 0.460 e. The van der Waals surface area contributed by atoms with E-state index in [1.54, 1.807) is 0 Å². The van der Waals surface area contributed by atoms with Crippen molar-refractivity contribution in [2.75, 3.05) is 0 Å². The van der Waals surface area contributed by atoms with E-state index in [0.29, 0.717) is 12.8 Å². The van der Waals surface area contributed by atoms with Gasteiger partial charge in [-0.25, -0.2) is 0 Å². The van der Waals surface area contributed by atoms with Crippen LogP contribution in [0, 0.1) is 11.8 Å². The van der Waals surface area contributed by atoms with Crippen molar-refractivity contribution in [1.82, 2.24) is 0 Å². The Balaban J connectivity index is 2.76. The van der Waals surface area contributed by atoms with Crippen LogP contribution in [0.25, 0.3) is 0 Å². The van der Waals surface area contributed by atoms with Gasteiger partial charge >= 0.3 is 11.9 Å². The summed E-state index contributed by atoms with van der Waals surface area (Å²) in [6.07, 6.45) is 3.34. The van der Waals surface area contributed by atoms with E-state index >= 15 is 0 Å². The lowest BCUT2D eigenvalue weighted by molar-refractivity contribution is -0.175. The third kappa shape index (κ3) is 5.51. The molecular formula is C16H28O4. The van der Waals surface area contributed by atoms with Crippen LogP contribution in [-0.4, -0.2) is 23.1 Å². The van der Waals surface area contributed by atoms with Crippen LogP contribution in [0.1, 0.15) is 67.2 Å². The molecule has 2 unspecified atom stereocenters. The van der Waals surface area contributed by atoms with Gasteiger partial charge in [-0.15, -0.1) is 0 Å². The zero-order valence-electron chi connectivity index (χ0n) is 13.6.